The van der Waals surface area contributed by atoms with Crippen molar-refractivity contribution in [2.75, 3.05) is 40.1 Å². The maximum absolute atomic E-state index is 12.4. The van der Waals surface area contributed by atoms with E-state index in [2.05, 4.69) is 6.92 Å². The van der Waals surface area contributed by atoms with Crippen LogP contribution >= 0.6 is 0 Å². The predicted octanol–water partition coefficient (Wildman–Crippen LogP) is 14.6. The summed E-state index contributed by atoms with van der Waals surface area (Å²) in [4.78, 5) is 81.6. The third kappa shape index (κ3) is 27.4. The van der Waals surface area contributed by atoms with Gasteiger partial charge < -0.3 is 37.9 Å². The Labute approximate surface area is 491 Å². The Morgan fingerprint density at radius 1 is 0.453 bits per heavy atom. The minimum atomic E-state index is -4.24. The molecule has 0 saturated heterocycles. The van der Waals surface area contributed by atoms with E-state index in [-0.39, 0.29) is 61.7 Å². The van der Waals surface area contributed by atoms with Crippen LogP contribution in [-0.2, 0) is 23.8 Å². The minimum absolute atomic E-state index is 0.0329. The molecular weight excluding hydrogens is 1150 g/mol. The number of esters is 5. The van der Waals surface area contributed by atoms with Crippen LogP contribution in [-0.4, -0.2) is 92.2 Å². The Morgan fingerprint density at radius 2 is 0.814 bits per heavy atom. The molecule has 0 aliphatic carbocycles. The van der Waals surface area contributed by atoms with Gasteiger partial charge in [-0.15, -0.1) is 0 Å². The Kier molecular flexibility index (Phi) is 29.3. The van der Waals surface area contributed by atoms with Crippen molar-refractivity contribution in [3.8, 4) is 28.7 Å². The number of rotatable bonds is 33. The lowest BCUT2D eigenvalue weighted by molar-refractivity contribution is -0.395. The van der Waals surface area contributed by atoms with Crippen molar-refractivity contribution in [2.45, 2.75) is 103 Å². The highest BCUT2D eigenvalue weighted by atomic mass is 19.4. The van der Waals surface area contributed by atoms with Crippen molar-refractivity contribution in [3.63, 3.8) is 0 Å². The molecule has 0 N–H and O–H groups in total. The molecule has 25 heteroatoms. The van der Waals surface area contributed by atoms with E-state index < -0.39 is 82.0 Å². The molecule has 0 aliphatic rings. The Morgan fingerprint density at radius 3 is 1.16 bits per heavy atom. The van der Waals surface area contributed by atoms with Gasteiger partial charge >= 0.3 is 53.6 Å². The molecule has 19 nitrogen and oxygen atoms in total. The molecule has 0 fully saturated rings. The molecule has 0 aromatic heterocycles. The van der Waals surface area contributed by atoms with E-state index >= 15 is 0 Å². The average molecular weight is 1210 g/mol. The van der Waals surface area contributed by atoms with Crippen LogP contribution in [0.15, 0.2) is 121 Å². The van der Waals surface area contributed by atoms with Gasteiger partial charge in [0.25, 0.3) is 5.75 Å². The zero-order valence-electron chi connectivity index (χ0n) is 47.0. The van der Waals surface area contributed by atoms with E-state index in [1.54, 1.807) is 42.5 Å². The van der Waals surface area contributed by atoms with Crippen molar-refractivity contribution in [1.29, 1.82) is 0 Å². The number of halogens is 6. The summed E-state index contributed by atoms with van der Waals surface area (Å²) in [6, 6.07) is 26.4. The summed E-state index contributed by atoms with van der Waals surface area (Å²) in [6.07, 6.45) is 2.74. The summed E-state index contributed by atoms with van der Waals surface area (Å²) >= 11 is 0. The van der Waals surface area contributed by atoms with Crippen LogP contribution in [0, 0.1) is 20.2 Å². The SMILES string of the molecule is CCCCCCCOC(=O)/C=C/c1ccc(OC(=O)c2ccc(OCCCC(F)(F)F)cc2)cc1.COc1c([N+](=O)[O-])cc(C(=O)OCCCCCCOC(=O)/C=C/c2ccc(OC(=O)c3ccc(OCCCC(F)(F)F)cc3)cc2)cc1[N+](=O)[O-]. The molecule has 86 heavy (non-hydrogen) atoms. The molecule has 5 aromatic rings. The zero-order chi connectivity index (χ0) is 62.9. The van der Waals surface area contributed by atoms with Gasteiger partial charge in [0.1, 0.15) is 23.0 Å². The number of nitrogens with zero attached hydrogens (tertiary/aromatic N) is 2. The Balaban J connectivity index is 0.000000395. The Bertz CT molecular complexity index is 3000. The van der Waals surface area contributed by atoms with Gasteiger partial charge in [-0.05, 0) is 141 Å². The van der Waals surface area contributed by atoms with Gasteiger partial charge in [0.05, 0.1) is 66.7 Å². The minimum Gasteiger partial charge on any atom is -0.494 e. The number of hydrogen-bond donors (Lipinski definition) is 0. The van der Waals surface area contributed by atoms with E-state index in [0.717, 1.165) is 44.1 Å². The molecule has 0 bridgehead atoms. The molecule has 0 radical (unpaired) electrons. The van der Waals surface area contributed by atoms with Crippen LogP contribution in [0.5, 0.6) is 28.7 Å². The first kappa shape index (κ1) is 69.2. The number of unbranched alkanes of at least 4 members (excludes halogenated alkanes) is 7. The predicted molar refractivity (Wildman–Crippen MR) is 301 cm³/mol. The quantitative estimate of drug-likeness (QED) is 0.00554. The summed E-state index contributed by atoms with van der Waals surface area (Å²) < 4.78 is 114. The number of carbonyl (C=O) groups is 5. The number of nitro groups is 2. The van der Waals surface area contributed by atoms with Crippen molar-refractivity contribution in [1.82, 2.24) is 0 Å². The second-order valence-corrected chi connectivity index (χ2v) is 18.6. The highest BCUT2D eigenvalue weighted by Crippen LogP contribution is 2.38. The number of methoxy groups -OCH3 is 1. The molecule has 0 unspecified atom stereocenters. The van der Waals surface area contributed by atoms with Crippen molar-refractivity contribution < 1.29 is 98.1 Å². The van der Waals surface area contributed by atoms with E-state index in [9.17, 15) is 70.5 Å². The third-order valence-corrected chi connectivity index (χ3v) is 11.8. The molecule has 0 spiro atoms. The van der Waals surface area contributed by atoms with Gasteiger partial charge in [-0.3, -0.25) is 20.2 Å². The van der Waals surface area contributed by atoms with Crippen LogP contribution < -0.4 is 23.7 Å². The van der Waals surface area contributed by atoms with Gasteiger partial charge in [-0.2, -0.15) is 26.3 Å². The topological polar surface area (TPSA) is 245 Å². The second kappa shape index (κ2) is 36.4. The zero-order valence-corrected chi connectivity index (χ0v) is 47.0. The fraction of sp³-hybridized carbons (Fsp3) is 0.361. The number of nitro benzene ring substituents is 2. The van der Waals surface area contributed by atoms with Crippen molar-refractivity contribution >= 4 is 53.4 Å². The molecule has 462 valence electrons. The van der Waals surface area contributed by atoms with E-state index in [0.29, 0.717) is 55.1 Å². The first-order valence-corrected chi connectivity index (χ1v) is 27.2. The van der Waals surface area contributed by atoms with Crippen LogP contribution in [0.4, 0.5) is 37.7 Å². The summed E-state index contributed by atoms with van der Waals surface area (Å²) in [5.74, 6) is -2.48. The highest BCUT2D eigenvalue weighted by Gasteiger charge is 2.31. The van der Waals surface area contributed by atoms with Gasteiger partial charge in [-0.1, -0.05) is 56.9 Å². The number of ether oxygens (including phenoxy) is 8. The first-order valence-electron chi connectivity index (χ1n) is 27.2. The summed E-state index contributed by atoms with van der Waals surface area (Å²) in [5, 5.41) is 22.5. The van der Waals surface area contributed by atoms with Crippen LogP contribution in [0.25, 0.3) is 12.2 Å². The van der Waals surface area contributed by atoms with Gasteiger partial charge in [0.15, 0.2) is 0 Å². The van der Waals surface area contributed by atoms with Gasteiger partial charge in [0.2, 0.25) is 0 Å². The highest BCUT2D eigenvalue weighted by molar-refractivity contribution is 5.93. The second-order valence-electron chi connectivity index (χ2n) is 18.6. The number of carbonyl (C=O) groups excluding carboxylic acids is 5. The molecule has 5 rings (SSSR count). The third-order valence-electron chi connectivity index (χ3n) is 11.8. The lowest BCUT2D eigenvalue weighted by atomic mass is 10.1. The summed E-state index contributed by atoms with van der Waals surface area (Å²) in [5.41, 5.74) is 0.0342. The van der Waals surface area contributed by atoms with E-state index in [1.165, 1.54) is 91.7 Å². The maximum atomic E-state index is 12.4. The smallest absolute Gasteiger partial charge is 0.389 e. The molecule has 0 amide bonds. The van der Waals surface area contributed by atoms with Crippen molar-refractivity contribution in [2.24, 2.45) is 0 Å². The number of benzene rings is 5. The largest absolute Gasteiger partial charge is 0.494 e. The normalized spacial score (nSPS) is 11.3. The standard InChI is InChI=1S/C34H33F3N2O12.C27H31F3O5/c1-47-31-28(38(43)44)21-25(22-29(31)39(45)46)32(41)50-19-5-3-2-4-18-49-30(40)16-9-23-7-12-27(13-8-23)51-33(42)24-10-14-26(15-11-24)48-20-6-17-34(35,36)37;1-2-3-4-5-6-19-34-25(31)17-10-21-8-13-24(14-9-21)35-26(32)22-11-15-23(16-12-22)33-20-7-18-27(28,29)30/h7-16,21-22H,2-6,17-20H2,1H3;8-17H,2-7,18-20H2,1H3/b16-9+;17-10+. The first-order chi connectivity index (χ1) is 41.0. The van der Waals surface area contributed by atoms with Crippen LogP contribution in [0.1, 0.15) is 133 Å². The molecule has 0 heterocycles. The van der Waals surface area contributed by atoms with Crippen LogP contribution in [0.3, 0.4) is 0 Å². The number of hydrogen-bond acceptors (Lipinski definition) is 17. The van der Waals surface area contributed by atoms with E-state index in [1.807, 2.05) is 0 Å². The molecular formula is C61H64F6N2O17. The lowest BCUT2D eigenvalue weighted by Crippen LogP contribution is -2.10. The van der Waals surface area contributed by atoms with Gasteiger partial charge in [-0.25, -0.2) is 24.0 Å². The molecule has 0 atom stereocenters. The fourth-order valence-corrected chi connectivity index (χ4v) is 7.40. The Hall–Kier alpha value is -9.29. The maximum Gasteiger partial charge on any atom is 0.389 e. The fourth-order valence-electron chi connectivity index (χ4n) is 7.40. The van der Waals surface area contributed by atoms with Crippen LogP contribution in [0.2, 0.25) is 0 Å². The van der Waals surface area contributed by atoms with E-state index in [4.69, 9.17) is 37.9 Å². The van der Waals surface area contributed by atoms with Crippen molar-refractivity contribution in [3.05, 3.63) is 169 Å². The summed E-state index contributed by atoms with van der Waals surface area (Å²) in [7, 11) is 1.04. The monoisotopic (exact) mass is 1210 g/mol. The molecule has 0 aliphatic heterocycles. The lowest BCUT2D eigenvalue weighted by Gasteiger charge is -2.09. The average Bonchev–Trinajstić information content (AvgIpc) is 2.19. The van der Waals surface area contributed by atoms with Gasteiger partial charge in [0, 0.05) is 37.1 Å². The molecule has 5 aromatic carbocycles. The number of alkyl halides is 6. The molecule has 0 saturated carbocycles. The summed E-state index contributed by atoms with van der Waals surface area (Å²) in [6.45, 7) is 2.48.